The summed E-state index contributed by atoms with van der Waals surface area (Å²) in [6.45, 7) is 11.7. The summed E-state index contributed by atoms with van der Waals surface area (Å²) in [6, 6.07) is 45.4. The quantitative estimate of drug-likeness (QED) is 0.215. The maximum atomic E-state index is 2.49. The van der Waals surface area contributed by atoms with Crippen molar-refractivity contribution in [1.82, 2.24) is 0 Å². The third kappa shape index (κ3) is 3.37. The summed E-state index contributed by atoms with van der Waals surface area (Å²) in [7, 11) is 0. The van der Waals surface area contributed by atoms with Gasteiger partial charge in [0, 0.05) is 27.6 Å². The first-order chi connectivity index (χ1) is 20.3. The van der Waals surface area contributed by atoms with E-state index in [9.17, 15) is 0 Å². The van der Waals surface area contributed by atoms with Crippen molar-refractivity contribution in [3.8, 4) is 22.3 Å². The first-order valence-corrected chi connectivity index (χ1v) is 15.0. The van der Waals surface area contributed by atoms with Gasteiger partial charge in [-0.2, -0.15) is 0 Å². The Morgan fingerprint density at radius 1 is 0.429 bits per heavy atom. The number of fused-ring (bicyclic) bond motifs is 7. The summed E-state index contributed by atoms with van der Waals surface area (Å²) < 4.78 is 0. The van der Waals surface area contributed by atoms with Crippen LogP contribution in [0.3, 0.4) is 0 Å². The van der Waals surface area contributed by atoms with E-state index in [1.165, 1.54) is 77.9 Å². The monoisotopic (exact) mass is 541 g/mol. The molecule has 0 saturated carbocycles. The molecular formula is C41H35N. The van der Waals surface area contributed by atoms with Crippen molar-refractivity contribution >= 4 is 27.8 Å². The van der Waals surface area contributed by atoms with E-state index in [1.54, 1.807) is 0 Å². The molecule has 42 heavy (non-hydrogen) atoms. The summed E-state index contributed by atoms with van der Waals surface area (Å²) in [4.78, 5) is 2.49. The normalized spacial score (nSPS) is 15.2. The average molecular weight is 542 g/mol. The van der Waals surface area contributed by atoms with Crippen LogP contribution in [0.2, 0.25) is 0 Å². The van der Waals surface area contributed by atoms with Crippen molar-refractivity contribution in [2.75, 3.05) is 4.90 Å². The third-order valence-corrected chi connectivity index (χ3v) is 10.0. The molecule has 1 heteroatoms. The van der Waals surface area contributed by atoms with Crippen LogP contribution in [0.1, 0.15) is 55.5 Å². The van der Waals surface area contributed by atoms with Crippen molar-refractivity contribution in [2.24, 2.45) is 0 Å². The van der Waals surface area contributed by atoms with Gasteiger partial charge in [0.1, 0.15) is 0 Å². The number of anilines is 3. The van der Waals surface area contributed by atoms with Crippen LogP contribution in [0.5, 0.6) is 0 Å². The molecule has 204 valence electrons. The van der Waals surface area contributed by atoms with Crippen LogP contribution < -0.4 is 4.90 Å². The Labute approximate surface area is 249 Å². The van der Waals surface area contributed by atoms with E-state index in [0.717, 1.165) is 0 Å². The third-order valence-electron chi connectivity index (χ3n) is 10.0. The minimum absolute atomic E-state index is 0.0650. The second-order valence-electron chi connectivity index (χ2n) is 13.1. The molecule has 0 aliphatic heterocycles. The van der Waals surface area contributed by atoms with E-state index in [0.29, 0.717) is 0 Å². The molecule has 6 aromatic rings. The van der Waals surface area contributed by atoms with Crippen LogP contribution >= 0.6 is 0 Å². The van der Waals surface area contributed by atoms with Crippen molar-refractivity contribution in [2.45, 2.75) is 45.4 Å². The van der Waals surface area contributed by atoms with E-state index in [4.69, 9.17) is 0 Å². The molecule has 0 atom stereocenters. The Hall–Kier alpha value is -4.62. The number of rotatable bonds is 3. The standard InChI is InChI=1S/C41H35N/c1-26-18-23-39(34-15-7-6-12-29(26)34)42(27-19-21-32-30-13-8-10-16-35(30)40(2,3)37(32)24-27)28-20-22-33-31-14-9-11-17-36(31)41(4,5)38(33)25-28/h6-25H,1-5H3. The smallest absolute Gasteiger partial charge is 0.0540 e. The molecule has 0 amide bonds. The Morgan fingerprint density at radius 2 is 0.881 bits per heavy atom. The van der Waals surface area contributed by atoms with E-state index in [2.05, 4.69) is 161 Å². The van der Waals surface area contributed by atoms with Crippen LogP contribution in [-0.2, 0) is 10.8 Å². The van der Waals surface area contributed by atoms with Gasteiger partial charge in [-0.3, -0.25) is 0 Å². The molecule has 6 aromatic carbocycles. The number of hydrogen-bond acceptors (Lipinski definition) is 1. The molecule has 0 N–H and O–H groups in total. The van der Waals surface area contributed by atoms with Gasteiger partial charge in [0.05, 0.1) is 5.69 Å². The van der Waals surface area contributed by atoms with Gasteiger partial charge in [0.2, 0.25) is 0 Å². The summed E-state index contributed by atoms with van der Waals surface area (Å²) in [5, 5.41) is 2.56. The van der Waals surface area contributed by atoms with Crippen molar-refractivity contribution < 1.29 is 0 Å². The molecule has 8 rings (SSSR count). The zero-order valence-electron chi connectivity index (χ0n) is 25.0. The van der Waals surface area contributed by atoms with Gasteiger partial charge < -0.3 is 4.90 Å². The van der Waals surface area contributed by atoms with Gasteiger partial charge in [0.15, 0.2) is 0 Å². The number of nitrogens with zero attached hydrogens (tertiary/aromatic N) is 1. The average Bonchev–Trinajstić information content (AvgIpc) is 3.38. The molecule has 0 radical (unpaired) electrons. The Morgan fingerprint density at radius 3 is 1.43 bits per heavy atom. The van der Waals surface area contributed by atoms with Crippen LogP contribution in [0.4, 0.5) is 17.1 Å². The van der Waals surface area contributed by atoms with Crippen molar-refractivity contribution in [3.05, 3.63) is 149 Å². The lowest BCUT2D eigenvalue weighted by atomic mass is 9.82. The minimum atomic E-state index is -0.0650. The highest BCUT2D eigenvalue weighted by Gasteiger charge is 2.37. The summed E-state index contributed by atoms with van der Waals surface area (Å²) >= 11 is 0. The summed E-state index contributed by atoms with van der Waals surface area (Å²) in [5.41, 5.74) is 15.7. The van der Waals surface area contributed by atoms with E-state index in [1.807, 2.05) is 0 Å². The maximum Gasteiger partial charge on any atom is 0.0540 e. The SMILES string of the molecule is Cc1ccc(N(c2ccc3c(c2)C(C)(C)c2ccccc2-3)c2ccc3c(c2)C(C)(C)c2ccccc2-3)c2ccccc12. The zero-order chi connectivity index (χ0) is 28.8. The Balaban J connectivity index is 1.38. The van der Waals surface area contributed by atoms with E-state index < -0.39 is 0 Å². The van der Waals surface area contributed by atoms with Gasteiger partial charge in [-0.05, 0) is 92.7 Å². The summed E-state index contributed by atoms with van der Waals surface area (Å²) in [5.74, 6) is 0. The van der Waals surface area contributed by atoms with E-state index in [-0.39, 0.29) is 10.8 Å². The predicted octanol–water partition coefficient (Wildman–Crippen LogP) is 11.2. The largest absolute Gasteiger partial charge is 0.310 e. The number of hydrogen-bond donors (Lipinski definition) is 0. The molecule has 2 aliphatic carbocycles. The fourth-order valence-electron chi connectivity index (χ4n) is 7.72. The Kier molecular flexibility index (Phi) is 5.20. The topological polar surface area (TPSA) is 3.24 Å². The van der Waals surface area contributed by atoms with Crippen LogP contribution in [0.25, 0.3) is 33.0 Å². The lowest BCUT2D eigenvalue weighted by Gasteiger charge is -2.30. The molecular weight excluding hydrogens is 506 g/mol. The number of aryl methyl sites for hydroxylation is 1. The number of benzene rings is 6. The second-order valence-corrected chi connectivity index (χ2v) is 13.1. The first kappa shape index (κ1) is 25.1. The van der Waals surface area contributed by atoms with Crippen LogP contribution in [-0.4, -0.2) is 0 Å². The Bertz CT molecular complexity index is 1950. The first-order valence-electron chi connectivity index (χ1n) is 15.0. The molecule has 0 aromatic heterocycles. The molecule has 0 saturated heterocycles. The molecule has 0 spiro atoms. The van der Waals surface area contributed by atoms with Gasteiger partial charge >= 0.3 is 0 Å². The highest BCUT2D eigenvalue weighted by atomic mass is 15.1. The fraction of sp³-hybridized carbons (Fsp3) is 0.171. The lowest BCUT2D eigenvalue weighted by Crippen LogP contribution is -2.18. The molecule has 0 heterocycles. The van der Waals surface area contributed by atoms with Gasteiger partial charge in [0.25, 0.3) is 0 Å². The second kappa shape index (κ2) is 8.69. The highest BCUT2D eigenvalue weighted by molar-refractivity contribution is 6.01. The van der Waals surface area contributed by atoms with Crippen molar-refractivity contribution in [1.29, 1.82) is 0 Å². The van der Waals surface area contributed by atoms with E-state index >= 15 is 0 Å². The highest BCUT2D eigenvalue weighted by Crippen LogP contribution is 2.53. The molecule has 2 aliphatic rings. The molecule has 0 unspecified atom stereocenters. The maximum absolute atomic E-state index is 2.49. The van der Waals surface area contributed by atoms with Crippen LogP contribution in [0.15, 0.2) is 121 Å². The molecule has 1 nitrogen and oxygen atoms in total. The molecule has 0 fully saturated rings. The summed E-state index contributed by atoms with van der Waals surface area (Å²) in [6.07, 6.45) is 0. The lowest BCUT2D eigenvalue weighted by molar-refractivity contribution is 0.660. The van der Waals surface area contributed by atoms with Crippen LogP contribution in [0, 0.1) is 6.92 Å². The van der Waals surface area contributed by atoms with Gasteiger partial charge in [-0.1, -0.05) is 119 Å². The minimum Gasteiger partial charge on any atom is -0.310 e. The van der Waals surface area contributed by atoms with Gasteiger partial charge in [-0.15, -0.1) is 0 Å². The van der Waals surface area contributed by atoms with Gasteiger partial charge in [-0.25, -0.2) is 0 Å². The van der Waals surface area contributed by atoms with Crippen molar-refractivity contribution in [3.63, 3.8) is 0 Å². The fourth-order valence-corrected chi connectivity index (χ4v) is 7.72. The zero-order valence-corrected chi connectivity index (χ0v) is 25.0. The molecule has 0 bridgehead atoms. The predicted molar refractivity (Wildman–Crippen MR) is 178 cm³/mol.